The van der Waals surface area contributed by atoms with Crippen LogP contribution in [-0.4, -0.2) is 19.1 Å². The molecule has 0 atom stereocenters. The van der Waals surface area contributed by atoms with Gasteiger partial charge in [0.25, 0.3) is 0 Å². The van der Waals surface area contributed by atoms with E-state index in [-0.39, 0.29) is 0 Å². The summed E-state index contributed by atoms with van der Waals surface area (Å²) in [5.41, 5.74) is 3.72. The Kier molecular flexibility index (Phi) is 4.39. The molecule has 0 fully saturated rings. The summed E-state index contributed by atoms with van der Waals surface area (Å²) in [6.07, 6.45) is 2.90. The zero-order valence-corrected chi connectivity index (χ0v) is 11.9. The molecule has 1 aromatic carbocycles. The van der Waals surface area contributed by atoms with Gasteiger partial charge >= 0.3 is 0 Å². The van der Waals surface area contributed by atoms with Crippen LogP contribution in [0, 0.1) is 0 Å². The van der Waals surface area contributed by atoms with Gasteiger partial charge in [0, 0.05) is 26.8 Å². The fourth-order valence-corrected chi connectivity index (χ4v) is 1.98. The van der Waals surface area contributed by atoms with E-state index >= 15 is 0 Å². The predicted octanol–water partition coefficient (Wildman–Crippen LogP) is 3.32. The smallest absolute Gasteiger partial charge is 0.151 e. The highest BCUT2D eigenvalue weighted by Gasteiger charge is 2.04. The second-order valence-electron chi connectivity index (χ2n) is 4.79. The number of anilines is 2. The first-order valence-corrected chi connectivity index (χ1v) is 6.64. The molecule has 2 rings (SSSR count). The molecule has 0 saturated carbocycles. The summed E-state index contributed by atoms with van der Waals surface area (Å²) in [5, 5.41) is 3.44. The van der Waals surface area contributed by atoms with Crippen molar-refractivity contribution < 1.29 is 0 Å². The number of nitrogens with one attached hydrogen (secondary N) is 1. The molecule has 19 heavy (non-hydrogen) atoms. The Morgan fingerprint density at radius 2 is 1.74 bits per heavy atom. The molecule has 1 heterocycles. The van der Waals surface area contributed by atoms with Gasteiger partial charge in [-0.05, 0) is 29.7 Å². The largest absolute Gasteiger partial charge is 0.378 e. The molecule has 0 spiro atoms. The van der Waals surface area contributed by atoms with E-state index in [0.29, 0.717) is 0 Å². The van der Waals surface area contributed by atoms with Crippen molar-refractivity contribution in [2.75, 3.05) is 24.3 Å². The van der Waals surface area contributed by atoms with Crippen LogP contribution in [0.3, 0.4) is 0 Å². The lowest BCUT2D eigenvalue weighted by Crippen LogP contribution is -2.13. The number of pyridine rings is 1. The minimum atomic E-state index is 0.816. The van der Waals surface area contributed by atoms with Gasteiger partial charge in [-0.25, -0.2) is 4.98 Å². The Morgan fingerprint density at radius 3 is 2.37 bits per heavy atom. The molecule has 0 amide bonds. The van der Waals surface area contributed by atoms with Crippen LogP contribution in [0.25, 0.3) is 0 Å². The molecular weight excluding hydrogens is 234 g/mol. The molecule has 0 aliphatic rings. The lowest BCUT2D eigenvalue weighted by atomic mass is 10.1. The standard InChI is InChI=1S/C16H21N3/c1-4-13-7-9-14(10-8-13)12-18-15-6-5-11-17-16(15)19(2)3/h5-11,18H,4,12H2,1-3H3. The molecule has 0 bridgehead atoms. The second kappa shape index (κ2) is 6.23. The van der Waals surface area contributed by atoms with Gasteiger partial charge < -0.3 is 10.2 Å². The van der Waals surface area contributed by atoms with E-state index < -0.39 is 0 Å². The van der Waals surface area contributed by atoms with Crippen molar-refractivity contribution in [3.05, 3.63) is 53.7 Å². The first-order chi connectivity index (χ1) is 9.20. The van der Waals surface area contributed by atoms with E-state index in [4.69, 9.17) is 0 Å². The van der Waals surface area contributed by atoms with Crippen molar-refractivity contribution in [1.82, 2.24) is 4.98 Å². The quantitative estimate of drug-likeness (QED) is 0.888. The molecule has 3 heteroatoms. The maximum Gasteiger partial charge on any atom is 0.151 e. The second-order valence-corrected chi connectivity index (χ2v) is 4.79. The van der Waals surface area contributed by atoms with E-state index in [2.05, 4.69) is 47.6 Å². The topological polar surface area (TPSA) is 28.2 Å². The minimum absolute atomic E-state index is 0.816. The normalized spacial score (nSPS) is 10.3. The van der Waals surface area contributed by atoms with Crippen LogP contribution in [0.2, 0.25) is 0 Å². The molecule has 1 N–H and O–H groups in total. The van der Waals surface area contributed by atoms with E-state index in [0.717, 1.165) is 24.5 Å². The first-order valence-electron chi connectivity index (χ1n) is 6.64. The third-order valence-electron chi connectivity index (χ3n) is 3.12. The fourth-order valence-electron chi connectivity index (χ4n) is 1.98. The lowest BCUT2D eigenvalue weighted by Gasteiger charge is -2.17. The van der Waals surface area contributed by atoms with Crippen LogP contribution in [0.4, 0.5) is 11.5 Å². The zero-order valence-electron chi connectivity index (χ0n) is 11.9. The SMILES string of the molecule is CCc1ccc(CNc2cccnc2N(C)C)cc1. The molecule has 100 valence electrons. The summed E-state index contributed by atoms with van der Waals surface area (Å²) in [6, 6.07) is 12.7. The monoisotopic (exact) mass is 255 g/mol. The van der Waals surface area contributed by atoms with Crippen LogP contribution in [0.1, 0.15) is 18.1 Å². The number of hydrogen-bond acceptors (Lipinski definition) is 3. The Balaban J connectivity index is 2.05. The van der Waals surface area contributed by atoms with Gasteiger partial charge in [0.15, 0.2) is 5.82 Å². The average Bonchev–Trinajstić information content (AvgIpc) is 2.46. The van der Waals surface area contributed by atoms with Crippen molar-refractivity contribution in [3.63, 3.8) is 0 Å². The van der Waals surface area contributed by atoms with Crippen molar-refractivity contribution in [3.8, 4) is 0 Å². The fraction of sp³-hybridized carbons (Fsp3) is 0.312. The van der Waals surface area contributed by atoms with Crippen molar-refractivity contribution in [1.29, 1.82) is 0 Å². The highest BCUT2D eigenvalue weighted by Crippen LogP contribution is 2.21. The molecule has 0 unspecified atom stereocenters. The number of benzene rings is 1. The van der Waals surface area contributed by atoms with Crippen LogP contribution in [-0.2, 0) is 13.0 Å². The molecule has 0 aliphatic heterocycles. The molecular formula is C16H21N3. The molecule has 0 radical (unpaired) electrons. The Hall–Kier alpha value is -2.03. The first kappa shape index (κ1) is 13.4. The van der Waals surface area contributed by atoms with Crippen LogP contribution in [0.5, 0.6) is 0 Å². The molecule has 1 aromatic heterocycles. The molecule has 0 saturated heterocycles. The highest BCUT2D eigenvalue weighted by molar-refractivity contribution is 5.64. The van der Waals surface area contributed by atoms with Crippen molar-refractivity contribution in [2.24, 2.45) is 0 Å². The summed E-state index contributed by atoms with van der Waals surface area (Å²) >= 11 is 0. The van der Waals surface area contributed by atoms with Crippen LogP contribution >= 0.6 is 0 Å². The van der Waals surface area contributed by atoms with Gasteiger partial charge in [0.05, 0.1) is 5.69 Å². The van der Waals surface area contributed by atoms with Crippen molar-refractivity contribution in [2.45, 2.75) is 19.9 Å². The summed E-state index contributed by atoms with van der Waals surface area (Å²) in [7, 11) is 4.01. The van der Waals surface area contributed by atoms with E-state index in [9.17, 15) is 0 Å². The van der Waals surface area contributed by atoms with Crippen LogP contribution < -0.4 is 10.2 Å². The van der Waals surface area contributed by atoms with E-state index in [1.54, 1.807) is 0 Å². The maximum absolute atomic E-state index is 4.38. The average molecular weight is 255 g/mol. The molecule has 0 aliphatic carbocycles. The van der Waals surface area contributed by atoms with Gasteiger partial charge in [-0.1, -0.05) is 31.2 Å². The number of aryl methyl sites for hydroxylation is 1. The third kappa shape index (κ3) is 3.47. The lowest BCUT2D eigenvalue weighted by molar-refractivity contribution is 1.05. The third-order valence-corrected chi connectivity index (χ3v) is 3.12. The van der Waals surface area contributed by atoms with Gasteiger partial charge in [0.1, 0.15) is 0 Å². The zero-order chi connectivity index (χ0) is 13.7. The van der Waals surface area contributed by atoms with Gasteiger partial charge in [-0.15, -0.1) is 0 Å². The minimum Gasteiger partial charge on any atom is -0.378 e. The van der Waals surface area contributed by atoms with E-state index in [1.807, 2.05) is 31.3 Å². The predicted molar refractivity (Wildman–Crippen MR) is 81.7 cm³/mol. The summed E-state index contributed by atoms with van der Waals surface area (Å²) in [6.45, 7) is 2.99. The Morgan fingerprint density at radius 1 is 1.05 bits per heavy atom. The number of rotatable bonds is 5. The van der Waals surface area contributed by atoms with E-state index in [1.165, 1.54) is 11.1 Å². The van der Waals surface area contributed by atoms with Crippen molar-refractivity contribution >= 4 is 11.5 Å². The molecule has 2 aromatic rings. The highest BCUT2D eigenvalue weighted by atomic mass is 15.2. The summed E-state index contributed by atoms with van der Waals surface area (Å²) in [4.78, 5) is 6.40. The summed E-state index contributed by atoms with van der Waals surface area (Å²) < 4.78 is 0. The summed E-state index contributed by atoms with van der Waals surface area (Å²) in [5.74, 6) is 0.965. The Bertz CT molecular complexity index is 518. The van der Waals surface area contributed by atoms with Gasteiger partial charge in [-0.2, -0.15) is 0 Å². The molecule has 3 nitrogen and oxygen atoms in total. The number of hydrogen-bond donors (Lipinski definition) is 1. The van der Waals surface area contributed by atoms with Crippen LogP contribution in [0.15, 0.2) is 42.6 Å². The Labute approximate surface area is 115 Å². The number of aromatic nitrogens is 1. The maximum atomic E-state index is 4.38. The van der Waals surface area contributed by atoms with Gasteiger partial charge in [0.2, 0.25) is 0 Å². The van der Waals surface area contributed by atoms with Gasteiger partial charge in [-0.3, -0.25) is 0 Å². The number of nitrogens with zero attached hydrogens (tertiary/aromatic N) is 2.